The Hall–Kier alpha value is -0.980. The Bertz CT molecular complexity index is 680. The van der Waals surface area contributed by atoms with Crippen LogP contribution in [0.4, 0.5) is 0 Å². The van der Waals surface area contributed by atoms with E-state index in [-0.39, 0.29) is 0 Å². The number of imidazole rings is 1. The summed E-state index contributed by atoms with van der Waals surface area (Å²) in [6, 6.07) is 0.541. The van der Waals surface area contributed by atoms with Crippen molar-refractivity contribution in [2.45, 2.75) is 51.6 Å². The largest absolute Gasteiger partial charge is 0.328 e. The highest BCUT2D eigenvalue weighted by molar-refractivity contribution is 7.10. The van der Waals surface area contributed by atoms with Gasteiger partial charge in [0.2, 0.25) is 0 Å². The number of fused-ring (bicyclic) bond motifs is 1. The molecular formula is C15H20ClN5S. The fourth-order valence-corrected chi connectivity index (χ4v) is 4.46. The predicted octanol–water partition coefficient (Wildman–Crippen LogP) is 3.02. The molecule has 7 heteroatoms. The highest BCUT2D eigenvalue weighted by atomic mass is 35.5. The number of aromatic nitrogens is 4. The van der Waals surface area contributed by atoms with E-state index in [9.17, 15) is 0 Å². The Morgan fingerprint density at radius 2 is 2.18 bits per heavy atom. The number of hydrogen-bond donors (Lipinski definition) is 0. The first-order valence-electron chi connectivity index (χ1n) is 7.98. The van der Waals surface area contributed by atoms with Crippen molar-refractivity contribution in [3.63, 3.8) is 0 Å². The first kappa shape index (κ1) is 14.6. The monoisotopic (exact) mass is 337 g/mol. The van der Waals surface area contributed by atoms with E-state index < -0.39 is 0 Å². The lowest BCUT2D eigenvalue weighted by atomic mass is 10.0. The van der Waals surface area contributed by atoms with E-state index in [2.05, 4.69) is 26.0 Å². The van der Waals surface area contributed by atoms with Crippen molar-refractivity contribution in [1.82, 2.24) is 24.0 Å². The average Bonchev–Trinajstić information content (AvgIpc) is 3.19. The van der Waals surface area contributed by atoms with Crippen molar-refractivity contribution in [2.24, 2.45) is 0 Å². The third-order valence-corrected chi connectivity index (χ3v) is 5.83. The number of nitrogens with zero attached hydrogens (tertiary/aromatic N) is 5. The maximum Gasteiger partial charge on any atom is 0.138 e. The predicted molar refractivity (Wildman–Crippen MR) is 87.5 cm³/mol. The Labute approximate surface area is 139 Å². The van der Waals surface area contributed by atoms with Crippen molar-refractivity contribution in [1.29, 1.82) is 0 Å². The van der Waals surface area contributed by atoms with Crippen LogP contribution in [0.1, 0.15) is 48.2 Å². The Morgan fingerprint density at radius 1 is 1.32 bits per heavy atom. The summed E-state index contributed by atoms with van der Waals surface area (Å²) in [7, 11) is 0. The second-order valence-electron chi connectivity index (χ2n) is 6.30. The van der Waals surface area contributed by atoms with Gasteiger partial charge in [-0.25, -0.2) is 4.98 Å². The van der Waals surface area contributed by atoms with Gasteiger partial charge in [0.05, 0.1) is 5.69 Å². The molecule has 118 valence electrons. The lowest BCUT2D eigenvalue weighted by Gasteiger charge is -2.21. The SMILES string of the molecule is Cc1nc2c(n1[C@@H]1CCN(Cc3nnsc3Cl)C1)CCCC2. The highest BCUT2D eigenvalue weighted by Crippen LogP contribution is 2.31. The van der Waals surface area contributed by atoms with E-state index in [0.29, 0.717) is 6.04 Å². The number of hydrogen-bond acceptors (Lipinski definition) is 5. The van der Waals surface area contributed by atoms with Crippen LogP contribution in [-0.4, -0.2) is 37.1 Å². The third kappa shape index (κ3) is 2.57. The molecule has 0 saturated carbocycles. The molecule has 0 N–H and O–H groups in total. The molecule has 2 aliphatic rings. The molecule has 0 spiro atoms. The van der Waals surface area contributed by atoms with E-state index in [4.69, 9.17) is 16.6 Å². The minimum absolute atomic E-state index is 0.541. The van der Waals surface area contributed by atoms with Crippen molar-refractivity contribution in [3.8, 4) is 0 Å². The van der Waals surface area contributed by atoms with Crippen molar-refractivity contribution in [2.75, 3.05) is 13.1 Å². The van der Waals surface area contributed by atoms with Crippen LogP contribution in [0.2, 0.25) is 4.34 Å². The average molecular weight is 338 g/mol. The quantitative estimate of drug-likeness (QED) is 0.863. The van der Waals surface area contributed by atoms with Crippen LogP contribution in [0.15, 0.2) is 0 Å². The van der Waals surface area contributed by atoms with Gasteiger partial charge in [0.15, 0.2) is 0 Å². The molecule has 1 atom stereocenters. The van der Waals surface area contributed by atoms with Gasteiger partial charge in [0.25, 0.3) is 0 Å². The molecule has 0 unspecified atom stereocenters. The number of halogens is 1. The number of rotatable bonds is 3. The van der Waals surface area contributed by atoms with Gasteiger partial charge >= 0.3 is 0 Å². The van der Waals surface area contributed by atoms with Crippen molar-refractivity contribution in [3.05, 3.63) is 27.2 Å². The molecule has 22 heavy (non-hydrogen) atoms. The van der Waals surface area contributed by atoms with Gasteiger partial charge in [-0.1, -0.05) is 16.1 Å². The van der Waals surface area contributed by atoms with Gasteiger partial charge in [-0.05, 0) is 39.0 Å². The molecule has 1 aliphatic carbocycles. The molecule has 5 nitrogen and oxygen atoms in total. The van der Waals surface area contributed by atoms with Gasteiger partial charge in [-0.3, -0.25) is 4.90 Å². The number of aryl methyl sites for hydroxylation is 2. The molecule has 2 aromatic heterocycles. The summed E-state index contributed by atoms with van der Waals surface area (Å²) in [4.78, 5) is 7.25. The van der Waals surface area contributed by atoms with Crippen LogP contribution in [0.5, 0.6) is 0 Å². The summed E-state index contributed by atoms with van der Waals surface area (Å²) >= 11 is 7.40. The molecule has 0 amide bonds. The van der Waals surface area contributed by atoms with E-state index in [1.165, 1.54) is 54.4 Å². The minimum Gasteiger partial charge on any atom is -0.328 e. The summed E-state index contributed by atoms with van der Waals surface area (Å²) in [6.45, 7) is 5.10. The first-order chi connectivity index (χ1) is 10.7. The highest BCUT2D eigenvalue weighted by Gasteiger charge is 2.29. The fraction of sp³-hybridized carbons (Fsp3) is 0.667. The summed E-state index contributed by atoms with van der Waals surface area (Å²) in [5.74, 6) is 1.19. The first-order valence-corrected chi connectivity index (χ1v) is 9.13. The zero-order chi connectivity index (χ0) is 15.1. The molecule has 1 fully saturated rings. The van der Waals surface area contributed by atoms with Crippen LogP contribution in [0.25, 0.3) is 0 Å². The molecule has 4 rings (SSSR count). The Balaban J connectivity index is 1.51. The third-order valence-electron chi connectivity index (χ3n) is 4.84. The molecule has 2 aromatic rings. The summed E-state index contributed by atoms with van der Waals surface area (Å²) in [5, 5.41) is 4.13. The van der Waals surface area contributed by atoms with Crippen LogP contribution >= 0.6 is 23.1 Å². The maximum atomic E-state index is 6.13. The van der Waals surface area contributed by atoms with E-state index in [1.807, 2.05) is 0 Å². The lowest BCUT2D eigenvalue weighted by molar-refractivity contribution is 0.310. The molecular weight excluding hydrogens is 318 g/mol. The Kier molecular flexibility index (Phi) is 3.92. The lowest BCUT2D eigenvalue weighted by Crippen LogP contribution is -2.23. The van der Waals surface area contributed by atoms with Gasteiger partial charge < -0.3 is 4.57 Å². The van der Waals surface area contributed by atoms with Crippen molar-refractivity contribution < 1.29 is 0 Å². The minimum atomic E-state index is 0.541. The molecule has 1 saturated heterocycles. The van der Waals surface area contributed by atoms with Crippen LogP contribution in [-0.2, 0) is 19.4 Å². The van der Waals surface area contributed by atoms with E-state index >= 15 is 0 Å². The maximum absolute atomic E-state index is 6.13. The number of likely N-dealkylation sites (tertiary alicyclic amines) is 1. The van der Waals surface area contributed by atoms with Crippen LogP contribution in [0, 0.1) is 6.92 Å². The normalized spacial score (nSPS) is 22.2. The smallest absolute Gasteiger partial charge is 0.138 e. The summed E-state index contributed by atoms with van der Waals surface area (Å²) in [5.41, 5.74) is 3.75. The standard InChI is InChI=1S/C15H20ClN5S/c1-10-17-12-4-2-3-5-14(12)21(10)11-6-7-20(8-11)9-13-15(16)22-19-18-13/h11H,2-9H2,1H3/t11-/m1/s1. The van der Waals surface area contributed by atoms with E-state index in [1.54, 1.807) is 0 Å². The van der Waals surface area contributed by atoms with Crippen LogP contribution in [0.3, 0.4) is 0 Å². The second kappa shape index (κ2) is 5.91. The molecule has 0 aromatic carbocycles. The Morgan fingerprint density at radius 3 is 3.00 bits per heavy atom. The summed E-state index contributed by atoms with van der Waals surface area (Å²) in [6.07, 6.45) is 6.11. The second-order valence-corrected chi connectivity index (χ2v) is 7.66. The summed E-state index contributed by atoms with van der Waals surface area (Å²) < 4.78 is 7.15. The molecule has 3 heterocycles. The van der Waals surface area contributed by atoms with Gasteiger partial charge in [-0.2, -0.15) is 0 Å². The van der Waals surface area contributed by atoms with Crippen molar-refractivity contribution >= 4 is 23.1 Å². The van der Waals surface area contributed by atoms with E-state index in [0.717, 1.165) is 36.1 Å². The fourth-order valence-electron chi connectivity index (χ4n) is 3.85. The van der Waals surface area contributed by atoms with Gasteiger partial charge in [0, 0.05) is 42.9 Å². The zero-order valence-corrected chi connectivity index (χ0v) is 14.3. The zero-order valence-electron chi connectivity index (χ0n) is 12.8. The van der Waals surface area contributed by atoms with Crippen LogP contribution < -0.4 is 0 Å². The molecule has 0 bridgehead atoms. The molecule has 0 radical (unpaired) electrons. The van der Waals surface area contributed by atoms with Gasteiger partial charge in [0.1, 0.15) is 15.9 Å². The van der Waals surface area contributed by atoms with Gasteiger partial charge in [-0.15, -0.1) is 5.10 Å². The topological polar surface area (TPSA) is 46.8 Å². The molecule has 1 aliphatic heterocycles.